The highest BCUT2D eigenvalue weighted by atomic mass is 19.1. The van der Waals surface area contributed by atoms with E-state index in [0.717, 1.165) is 43.1 Å². The number of piperazine rings is 1. The fraction of sp³-hybridized carbons (Fsp3) is 0.240. The van der Waals surface area contributed by atoms with E-state index in [9.17, 15) is 4.39 Å². The van der Waals surface area contributed by atoms with Crippen LogP contribution in [0, 0.1) is 5.82 Å². The van der Waals surface area contributed by atoms with E-state index in [1.807, 2.05) is 41.1 Å². The van der Waals surface area contributed by atoms with Crippen LogP contribution in [0.3, 0.4) is 0 Å². The molecule has 5 rings (SSSR count). The monoisotopic (exact) mass is 428 g/mol. The molecule has 1 unspecified atom stereocenters. The third kappa shape index (κ3) is 4.38. The van der Waals surface area contributed by atoms with Crippen molar-refractivity contribution in [3.05, 3.63) is 108 Å². The van der Waals surface area contributed by atoms with Gasteiger partial charge in [-0.05, 0) is 45.8 Å². The van der Waals surface area contributed by atoms with Gasteiger partial charge < -0.3 is 4.90 Å². The lowest BCUT2D eigenvalue weighted by Crippen LogP contribution is -2.48. The number of halogens is 1. The average molecular weight is 429 g/mol. The Morgan fingerprint density at radius 2 is 1.44 bits per heavy atom. The van der Waals surface area contributed by atoms with Gasteiger partial charge in [-0.3, -0.25) is 4.90 Å². The summed E-state index contributed by atoms with van der Waals surface area (Å²) in [7, 11) is 0. The first-order valence-corrected chi connectivity index (χ1v) is 10.9. The van der Waals surface area contributed by atoms with E-state index in [-0.39, 0.29) is 11.9 Å². The van der Waals surface area contributed by atoms with Crippen LogP contribution in [0.2, 0.25) is 0 Å². The Hall–Kier alpha value is -3.58. The summed E-state index contributed by atoms with van der Waals surface area (Å²) in [6.07, 6.45) is 0. The number of rotatable bonds is 6. The Bertz CT molecular complexity index is 1120. The molecule has 0 amide bonds. The van der Waals surface area contributed by atoms with Gasteiger partial charge in [-0.25, -0.2) is 9.07 Å². The van der Waals surface area contributed by atoms with Crippen LogP contribution < -0.4 is 4.90 Å². The molecule has 1 aromatic heterocycles. The predicted octanol–water partition coefficient (Wildman–Crippen LogP) is 3.77. The van der Waals surface area contributed by atoms with Crippen LogP contribution in [0.25, 0.3) is 0 Å². The predicted molar refractivity (Wildman–Crippen MR) is 122 cm³/mol. The number of benzene rings is 3. The zero-order chi connectivity index (χ0) is 21.8. The van der Waals surface area contributed by atoms with Gasteiger partial charge in [0, 0.05) is 31.9 Å². The fourth-order valence-corrected chi connectivity index (χ4v) is 4.32. The second-order valence-electron chi connectivity index (χ2n) is 7.99. The number of hydrogen-bond donors (Lipinski definition) is 0. The highest BCUT2D eigenvalue weighted by molar-refractivity contribution is 5.46. The number of hydrogen-bond acceptors (Lipinski definition) is 5. The zero-order valence-corrected chi connectivity index (χ0v) is 17.8. The average Bonchev–Trinajstić information content (AvgIpc) is 3.30. The second-order valence-corrected chi connectivity index (χ2v) is 7.99. The van der Waals surface area contributed by atoms with Crippen molar-refractivity contribution in [2.45, 2.75) is 12.6 Å². The van der Waals surface area contributed by atoms with Gasteiger partial charge in [0.2, 0.25) is 0 Å². The summed E-state index contributed by atoms with van der Waals surface area (Å²) >= 11 is 0. The fourth-order valence-electron chi connectivity index (χ4n) is 4.32. The first kappa shape index (κ1) is 20.3. The number of anilines is 1. The standard InChI is InChI=1S/C25H25FN6/c26-22-13-11-21(12-14-22)24(25-27-28-29-32(25)19-20-7-3-1-4-8-20)31-17-15-30(16-18-31)23-9-5-2-6-10-23/h1-14,24H,15-19H2. The molecule has 1 aliphatic rings. The Morgan fingerprint density at radius 3 is 2.12 bits per heavy atom. The molecule has 7 heteroatoms. The van der Waals surface area contributed by atoms with Gasteiger partial charge in [-0.1, -0.05) is 60.7 Å². The van der Waals surface area contributed by atoms with Crippen molar-refractivity contribution in [3.63, 3.8) is 0 Å². The van der Waals surface area contributed by atoms with Crippen molar-refractivity contribution in [2.24, 2.45) is 0 Å². The van der Waals surface area contributed by atoms with Gasteiger partial charge in [-0.2, -0.15) is 0 Å². The van der Waals surface area contributed by atoms with Gasteiger partial charge in [0.15, 0.2) is 5.82 Å². The van der Waals surface area contributed by atoms with E-state index in [4.69, 9.17) is 0 Å². The summed E-state index contributed by atoms with van der Waals surface area (Å²) in [4.78, 5) is 4.78. The second kappa shape index (κ2) is 9.28. The number of nitrogens with zero attached hydrogens (tertiary/aromatic N) is 6. The highest BCUT2D eigenvalue weighted by Crippen LogP contribution is 2.29. The minimum Gasteiger partial charge on any atom is -0.369 e. The molecular weight excluding hydrogens is 403 g/mol. The number of para-hydroxylation sites is 1. The van der Waals surface area contributed by atoms with Gasteiger partial charge in [0.1, 0.15) is 5.82 Å². The van der Waals surface area contributed by atoms with Crippen molar-refractivity contribution < 1.29 is 4.39 Å². The van der Waals surface area contributed by atoms with Crippen LogP contribution in [0.4, 0.5) is 10.1 Å². The first-order chi connectivity index (χ1) is 15.8. The topological polar surface area (TPSA) is 50.1 Å². The number of aromatic nitrogens is 4. The Morgan fingerprint density at radius 1 is 0.781 bits per heavy atom. The molecule has 32 heavy (non-hydrogen) atoms. The molecule has 0 aliphatic carbocycles. The largest absolute Gasteiger partial charge is 0.369 e. The molecule has 1 saturated heterocycles. The minimum atomic E-state index is -0.245. The Kier molecular flexibility index (Phi) is 5.89. The van der Waals surface area contributed by atoms with Crippen LogP contribution in [0.1, 0.15) is 23.0 Å². The normalized spacial score (nSPS) is 15.6. The van der Waals surface area contributed by atoms with Crippen molar-refractivity contribution in [3.8, 4) is 0 Å². The maximum Gasteiger partial charge on any atom is 0.173 e. The highest BCUT2D eigenvalue weighted by Gasteiger charge is 2.30. The maximum atomic E-state index is 13.7. The Labute approximate surface area is 186 Å². The van der Waals surface area contributed by atoms with Gasteiger partial charge in [0.25, 0.3) is 0 Å². The van der Waals surface area contributed by atoms with Crippen molar-refractivity contribution in [1.29, 1.82) is 0 Å². The molecule has 2 heterocycles. The third-order valence-corrected chi connectivity index (χ3v) is 5.97. The summed E-state index contributed by atoms with van der Waals surface area (Å²) in [6.45, 7) is 4.11. The molecule has 3 aromatic carbocycles. The van der Waals surface area contributed by atoms with Crippen molar-refractivity contribution in [2.75, 3.05) is 31.1 Å². The van der Waals surface area contributed by atoms with E-state index < -0.39 is 0 Å². The SMILES string of the molecule is Fc1ccc(C(c2nnnn2Cc2ccccc2)N2CCN(c3ccccc3)CC2)cc1. The molecule has 0 bridgehead atoms. The van der Waals surface area contributed by atoms with Crippen LogP contribution in [-0.4, -0.2) is 51.3 Å². The quantitative estimate of drug-likeness (QED) is 0.468. The lowest BCUT2D eigenvalue weighted by atomic mass is 10.0. The Balaban J connectivity index is 1.43. The van der Waals surface area contributed by atoms with E-state index in [0.29, 0.717) is 6.54 Å². The van der Waals surface area contributed by atoms with Crippen LogP contribution in [0.15, 0.2) is 84.9 Å². The van der Waals surface area contributed by atoms with E-state index in [1.165, 1.54) is 17.8 Å². The van der Waals surface area contributed by atoms with E-state index in [2.05, 4.69) is 61.7 Å². The summed E-state index contributed by atoms with van der Waals surface area (Å²) in [6, 6.07) is 27.2. The molecule has 1 fully saturated rings. The van der Waals surface area contributed by atoms with Gasteiger partial charge >= 0.3 is 0 Å². The molecule has 162 valence electrons. The molecule has 1 aliphatic heterocycles. The minimum absolute atomic E-state index is 0.146. The van der Waals surface area contributed by atoms with Crippen molar-refractivity contribution in [1.82, 2.24) is 25.1 Å². The van der Waals surface area contributed by atoms with E-state index in [1.54, 1.807) is 0 Å². The van der Waals surface area contributed by atoms with Crippen LogP contribution in [-0.2, 0) is 6.54 Å². The molecule has 0 saturated carbocycles. The van der Waals surface area contributed by atoms with Crippen LogP contribution in [0.5, 0.6) is 0 Å². The molecule has 6 nitrogen and oxygen atoms in total. The van der Waals surface area contributed by atoms with Gasteiger partial charge in [-0.15, -0.1) is 5.10 Å². The molecule has 0 N–H and O–H groups in total. The summed E-state index contributed by atoms with van der Waals surface area (Å²) in [5.41, 5.74) is 3.36. The van der Waals surface area contributed by atoms with E-state index >= 15 is 0 Å². The first-order valence-electron chi connectivity index (χ1n) is 10.9. The molecule has 0 spiro atoms. The van der Waals surface area contributed by atoms with Gasteiger partial charge in [0.05, 0.1) is 12.6 Å². The summed E-state index contributed by atoms with van der Waals surface area (Å²) in [5.74, 6) is 0.527. The maximum absolute atomic E-state index is 13.7. The van der Waals surface area contributed by atoms with Crippen molar-refractivity contribution >= 4 is 5.69 Å². The molecule has 4 aromatic rings. The molecule has 0 radical (unpaired) electrons. The van der Waals surface area contributed by atoms with Crippen LogP contribution >= 0.6 is 0 Å². The zero-order valence-electron chi connectivity index (χ0n) is 17.8. The summed E-state index contributed by atoms with van der Waals surface area (Å²) in [5, 5.41) is 12.7. The summed E-state index contributed by atoms with van der Waals surface area (Å²) < 4.78 is 15.5. The lowest BCUT2D eigenvalue weighted by molar-refractivity contribution is 0.201. The molecule has 1 atom stereocenters. The molecular formula is C25H25FN6. The lowest BCUT2D eigenvalue weighted by Gasteiger charge is -2.39. The smallest absolute Gasteiger partial charge is 0.173 e. The third-order valence-electron chi connectivity index (χ3n) is 5.97. The number of tetrazole rings is 1.